The van der Waals surface area contributed by atoms with Crippen molar-refractivity contribution in [2.75, 3.05) is 5.32 Å². The molecule has 6 heteroatoms. The molecular weight excluding hydrogens is 289 g/mol. The summed E-state index contributed by atoms with van der Waals surface area (Å²) in [6.45, 7) is 0. The molecule has 0 heterocycles. The minimum absolute atomic E-state index is 0.0805. The lowest BCUT2D eigenvalue weighted by atomic mass is 9.76. The summed E-state index contributed by atoms with van der Waals surface area (Å²) in [4.78, 5) is 0. The Morgan fingerprint density at radius 3 is 2.65 bits per heavy atom. The van der Waals surface area contributed by atoms with Crippen LogP contribution in [0.25, 0.3) is 0 Å². The molecule has 0 radical (unpaired) electrons. The van der Waals surface area contributed by atoms with E-state index in [4.69, 9.17) is 11.6 Å². The molecule has 1 saturated carbocycles. The second-order valence-electron chi connectivity index (χ2n) is 5.13. The normalized spacial score (nSPS) is 26.9. The van der Waals surface area contributed by atoms with Gasteiger partial charge in [0.1, 0.15) is 5.54 Å². The summed E-state index contributed by atoms with van der Waals surface area (Å²) in [5, 5.41) is 12.7. The molecule has 0 bridgehead atoms. The fraction of sp³-hybridized carbons (Fsp3) is 0.500. The van der Waals surface area contributed by atoms with Crippen LogP contribution in [-0.2, 0) is 0 Å². The third-order valence-electron chi connectivity index (χ3n) is 3.68. The summed E-state index contributed by atoms with van der Waals surface area (Å²) in [6, 6.07) is 8.78. The number of alkyl halides is 3. The van der Waals surface area contributed by atoms with E-state index in [9.17, 15) is 18.4 Å². The maximum absolute atomic E-state index is 12.9. The van der Waals surface area contributed by atoms with Crippen LogP contribution < -0.4 is 5.32 Å². The molecule has 1 fully saturated rings. The number of nitriles is 1. The van der Waals surface area contributed by atoms with E-state index in [1.807, 2.05) is 6.07 Å². The van der Waals surface area contributed by atoms with Crippen molar-refractivity contribution < 1.29 is 13.2 Å². The van der Waals surface area contributed by atoms with Crippen molar-refractivity contribution in [1.29, 1.82) is 5.26 Å². The van der Waals surface area contributed by atoms with Gasteiger partial charge in [0.2, 0.25) is 0 Å². The van der Waals surface area contributed by atoms with Crippen LogP contribution in [0.1, 0.15) is 25.7 Å². The first-order valence-electron chi connectivity index (χ1n) is 6.37. The van der Waals surface area contributed by atoms with Crippen molar-refractivity contribution >= 4 is 17.3 Å². The van der Waals surface area contributed by atoms with E-state index in [0.29, 0.717) is 23.6 Å². The predicted octanol–water partition coefficient (Wildman–Crippen LogP) is 4.77. The quantitative estimate of drug-likeness (QED) is 0.854. The topological polar surface area (TPSA) is 35.8 Å². The molecule has 0 spiro atoms. The summed E-state index contributed by atoms with van der Waals surface area (Å²) in [5.74, 6) is -1.44. The lowest BCUT2D eigenvalue weighted by Gasteiger charge is -2.37. The molecule has 2 rings (SSSR count). The molecule has 2 unspecified atom stereocenters. The van der Waals surface area contributed by atoms with Crippen molar-refractivity contribution in [3.8, 4) is 6.07 Å². The standard InChI is InChI=1S/C14H14ClF3N2/c15-11-5-1-2-6-12(11)20-13(9-19)7-3-4-10(8-13)14(16,17)18/h1-2,5-6,10,20H,3-4,7-8H2. The Hall–Kier alpha value is -1.41. The average Bonchev–Trinajstić information content (AvgIpc) is 2.41. The number of hydrogen-bond acceptors (Lipinski definition) is 2. The highest BCUT2D eigenvalue weighted by Crippen LogP contribution is 2.43. The average molecular weight is 303 g/mol. The van der Waals surface area contributed by atoms with Crippen LogP contribution in [0.2, 0.25) is 5.02 Å². The number of nitrogens with zero attached hydrogens (tertiary/aromatic N) is 1. The zero-order valence-corrected chi connectivity index (χ0v) is 11.4. The van der Waals surface area contributed by atoms with Crippen LogP contribution in [0, 0.1) is 17.2 Å². The highest BCUT2D eigenvalue weighted by atomic mass is 35.5. The molecule has 1 aromatic rings. The van der Waals surface area contributed by atoms with Gasteiger partial charge >= 0.3 is 6.18 Å². The fourth-order valence-corrected chi connectivity index (χ4v) is 2.80. The number of benzene rings is 1. The van der Waals surface area contributed by atoms with Gasteiger partial charge in [0.15, 0.2) is 0 Å². The summed E-state index contributed by atoms with van der Waals surface area (Å²) in [5.41, 5.74) is -0.706. The van der Waals surface area contributed by atoms with Crippen LogP contribution in [-0.4, -0.2) is 11.7 Å². The Balaban J connectivity index is 2.22. The maximum Gasteiger partial charge on any atom is 0.391 e. The Morgan fingerprint density at radius 1 is 1.35 bits per heavy atom. The first-order valence-corrected chi connectivity index (χ1v) is 6.75. The molecule has 2 atom stereocenters. The Morgan fingerprint density at radius 2 is 2.05 bits per heavy atom. The predicted molar refractivity (Wildman–Crippen MR) is 71.4 cm³/mol. The summed E-state index contributed by atoms with van der Waals surface area (Å²) >= 11 is 5.99. The van der Waals surface area contributed by atoms with E-state index in [2.05, 4.69) is 5.32 Å². The van der Waals surface area contributed by atoms with Crippen molar-refractivity contribution in [1.82, 2.24) is 0 Å². The lowest BCUT2D eigenvalue weighted by molar-refractivity contribution is -0.184. The van der Waals surface area contributed by atoms with Gasteiger partial charge in [-0.2, -0.15) is 18.4 Å². The lowest BCUT2D eigenvalue weighted by Crippen LogP contribution is -2.45. The monoisotopic (exact) mass is 302 g/mol. The third kappa shape index (κ3) is 3.18. The van der Waals surface area contributed by atoms with Crippen LogP contribution in [0.3, 0.4) is 0 Å². The zero-order chi connectivity index (χ0) is 14.8. The number of anilines is 1. The Bertz CT molecular complexity index is 524. The first-order chi connectivity index (χ1) is 9.36. The first kappa shape index (κ1) is 15.0. The van der Waals surface area contributed by atoms with Gasteiger partial charge in [0.25, 0.3) is 0 Å². The fourth-order valence-electron chi connectivity index (χ4n) is 2.62. The number of rotatable bonds is 2. The minimum Gasteiger partial charge on any atom is -0.366 e. The van der Waals surface area contributed by atoms with Crippen LogP contribution in [0.15, 0.2) is 24.3 Å². The van der Waals surface area contributed by atoms with Gasteiger partial charge in [0.05, 0.1) is 22.7 Å². The van der Waals surface area contributed by atoms with Crippen molar-refractivity contribution in [2.24, 2.45) is 5.92 Å². The number of nitrogens with one attached hydrogen (secondary N) is 1. The van der Waals surface area contributed by atoms with E-state index in [1.54, 1.807) is 24.3 Å². The van der Waals surface area contributed by atoms with E-state index >= 15 is 0 Å². The molecule has 2 nitrogen and oxygen atoms in total. The number of halogens is 4. The Kier molecular flexibility index (Phi) is 4.14. The zero-order valence-electron chi connectivity index (χ0n) is 10.7. The minimum atomic E-state index is -4.26. The van der Waals surface area contributed by atoms with Crippen molar-refractivity contribution in [3.05, 3.63) is 29.3 Å². The third-order valence-corrected chi connectivity index (χ3v) is 4.01. The highest BCUT2D eigenvalue weighted by Gasteiger charge is 2.48. The van der Waals surface area contributed by atoms with Crippen LogP contribution in [0.5, 0.6) is 0 Å². The van der Waals surface area contributed by atoms with Crippen LogP contribution in [0.4, 0.5) is 18.9 Å². The van der Waals surface area contributed by atoms with E-state index < -0.39 is 17.6 Å². The van der Waals surface area contributed by atoms with E-state index in [0.717, 1.165) is 0 Å². The van der Waals surface area contributed by atoms with Gasteiger partial charge < -0.3 is 5.32 Å². The summed E-state index contributed by atoms with van der Waals surface area (Å²) in [6.07, 6.45) is -3.66. The molecule has 0 aromatic heterocycles. The summed E-state index contributed by atoms with van der Waals surface area (Å²) < 4.78 is 38.6. The molecule has 1 aliphatic carbocycles. The Labute approximate surface area is 120 Å². The SMILES string of the molecule is N#CC1(Nc2ccccc2Cl)CCCC(C(F)(F)F)C1. The van der Waals surface area contributed by atoms with Gasteiger partial charge in [-0.3, -0.25) is 0 Å². The molecule has 0 amide bonds. The second kappa shape index (κ2) is 5.53. The second-order valence-corrected chi connectivity index (χ2v) is 5.54. The molecule has 0 aliphatic heterocycles. The maximum atomic E-state index is 12.9. The highest BCUT2D eigenvalue weighted by molar-refractivity contribution is 6.33. The van der Waals surface area contributed by atoms with Gasteiger partial charge in [-0.25, -0.2) is 0 Å². The van der Waals surface area contributed by atoms with Crippen LogP contribution >= 0.6 is 11.6 Å². The van der Waals surface area contributed by atoms with Gasteiger partial charge in [-0.15, -0.1) is 0 Å². The van der Waals surface area contributed by atoms with Gasteiger partial charge in [0, 0.05) is 0 Å². The van der Waals surface area contributed by atoms with Crippen molar-refractivity contribution in [2.45, 2.75) is 37.4 Å². The van der Waals surface area contributed by atoms with Gasteiger partial charge in [-0.05, 0) is 37.8 Å². The van der Waals surface area contributed by atoms with Crippen molar-refractivity contribution in [3.63, 3.8) is 0 Å². The molecule has 1 N–H and O–H groups in total. The number of para-hydroxylation sites is 1. The molecule has 0 saturated heterocycles. The van der Waals surface area contributed by atoms with E-state index in [-0.39, 0.29) is 12.8 Å². The number of hydrogen-bond donors (Lipinski definition) is 1. The molecule has 1 aliphatic rings. The molecular formula is C14H14ClF3N2. The van der Waals surface area contributed by atoms with Gasteiger partial charge in [-0.1, -0.05) is 23.7 Å². The molecule has 108 valence electrons. The summed E-state index contributed by atoms with van der Waals surface area (Å²) in [7, 11) is 0. The van der Waals surface area contributed by atoms with E-state index in [1.165, 1.54) is 0 Å². The molecule has 20 heavy (non-hydrogen) atoms. The largest absolute Gasteiger partial charge is 0.391 e. The molecule has 1 aromatic carbocycles. The smallest absolute Gasteiger partial charge is 0.366 e.